The molecule has 4 nitrogen and oxygen atoms in total. The van der Waals surface area contributed by atoms with E-state index in [-0.39, 0.29) is 5.76 Å². The lowest BCUT2D eigenvalue weighted by molar-refractivity contribution is 0.0965. The monoisotopic (exact) mass is 217 g/mol. The van der Waals surface area contributed by atoms with E-state index in [4.69, 9.17) is 10.2 Å². The number of fused-ring (bicyclic) bond motifs is 1. The van der Waals surface area contributed by atoms with E-state index in [2.05, 4.69) is 0 Å². The Labute approximate surface area is 93.6 Å². The minimum Gasteiger partial charge on any atom is -0.450 e. The predicted molar refractivity (Wildman–Crippen MR) is 61.0 cm³/mol. The molecular formula is C12H13N2O2. The maximum Gasteiger partial charge on any atom is 0.305 e. The molecule has 1 amide bonds. The first-order chi connectivity index (χ1) is 7.59. The summed E-state index contributed by atoms with van der Waals surface area (Å²) < 4.78 is 5.40. The summed E-state index contributed by atoms with van der Waals surface area (Å²) >= 11 is 0. The third kappa shape index (κ3) is 1.79. The number of benzene rings is 1. The molecule has 0 spiro atoms. The van der Waals surface area contributed by atoms with Crippen molar-refractivity contribution in [3.05, 3.63) is 35.6 Å². The maximum absolute atomic E-state index is 11.2. The molecule has 0 fully saturated rings. The lowest BCUT2D eigenvalue weighted by Crippen LogP contribution is -2.13. The summed E-state index contributed by atoms with van der Waals surface area (Å²) in [5.41, 5.74) is 8.64. The minimum atomic E-state index is -0.770. The molecule has 1 radical (unpaired) electrons. The van der Waals surface area contributed by atoms with Crippen LogP contribution in [0.2, 0.25) is 0 Å². The molecule has 16 heavy (non-hydrogen) atoms. The molecule has 2 aromatic rings. The lowest BCUT2D eigenvalue weighted by Gasteiger charge is -2.08. The minimum absolute atomic E-state index is 0.148. The second-order valence-electron chi connectivity index (χ2n) is 3.97. The van der Waals surface area contributed by atoms with Crippen LogP contribution in [0.3, 0.4) is 0 Å². The summed E-state index contributed by atoms with van der Waals surface area (Å²) in [6, 6.07) is 7.46. The highest BCUT2D eigenvalue weighted by Gasteiger charge is 2.18. The van der Waals surface area contributed by atoms with Gasteiger partial charge in [0.1, 0.15) is 5.58 Å². The second-order valence-corrected chi connectivity index (χ2v) is 3.97. The predicted octanol–water partition coefficient (Wildman–Crippen LogP) is 1.92. The van der Waals surface area contributed by atoms with Gasteiger partial charge >= 0.3 is 5.91 Å². The normalized spacial score (nSPS) is 11.2. The van der Waals surface area contributed by atoms with Crippen molar-refractivity contribution in [2.24, 2.45) is 0 Å². The van der Waals surface area contributed by atoms with Crippen LogP contribution >= 0.6 is 0 Å². The van der Waals surface area contributed by atoms with Crippen LogP contribution in [0.4, 0.5) is 0 Å². The zero-order valence-corrected chi connectivity index (χ0v) is 9.28. The number of hydrogen-bond donors (Lipinski definition) is 0. The largest absolute Gasteiger partial charge is 0.450 e. The Balaban J connectivity index is 2.64. The molecule has 0 atom stereocenters. The average molecular weight is 217 g/mol. The van der Waals surface area contributed by atoms with Crippen molar-refractivity contribution in [1.82, 2.24) is 10.6 Å². The van der Waals surface area contributed by atoms with Crippen molar-refractivity contribution in [2.75, 3.05) is 14.1 Å². The first-order valence-electron chi connectivity index (χ1n) is 5.00. The Morgan fingerprint density at radius 1 is 1.38 bits per heavy atom. The third-order valence-electron chi connectivity index (χ3n) is 2.38. The van der Waals surface area contributed by atoms with E-state index in [0.717, 1.165) is 10.9 Å². The molecule has 1 heterocycles. The Morgan fingerprint density at radius 2 is 2.06 bits per heavy atom. The highest BCUT2D eigenvalue weighted by Crippen LogP contribution is 2.26. The van der Waals surface area contributed by atoms with Gasteiger partial charge in [0, 0.05) is 17.5 Å². The van der Waals surface area contributed by atoms with Crippen LogP contribution in [-0.2, 0) is 6.54 Å². The number of para-hydroxylation sites is 1. The number of carbonyl (C=O) groups excluding carboxylic acids is 1. The number of furan rings is 1. The van der Waals surface area contributed by atoms with Crippen LogP contribution in [0.5, 0.6) is 0 Å². The molecule has 0 saturated heterocycles. The molecule has 0 bridgehead atoms. The van der Waals surface area contributed by atoms with Gasteiger partial charge in [-0.1, -0.05) is 18.2 Å². The van der Waals surface area contributed by atoms with Crippen LogP contribution in [0, 0.1) is 0 Å². The van der Waals surface area contributed by atoms with Crippen molar-refractivity contribution >= 4 is 16.9 Å². The van der Waals surface area contributed by atoms with Crippen molar-refractivity contribution in [1.29, 1.82) is 0 Å². The SMILES string of the molecule is CN(C)Cc1c(C([NH])=O)oc2ccccc12. The van der Waals surface area contributed by atoms with Gasteiger partial charge in [-0.2, -0.15) is 0 Å². The zero-order chi connectivity index (χ0) is 11.7. The Kier molecular flexibility index (Phi) is 2.66. The van der Waals surface area contributed by atoms with E-state index in [9.17, 15) is 4.79 Å². The molecule has 1 N–H and O–H groups in total. The van der Waals surface area contributed by atoms with Crippen molar-refractivity contribution < 1.29 is 9.21 Å². The summed E-state index contributed by atoms with van der Waals surface area (Å²) in [4.78, 5) is 13.1. The molecule has 0 saturated carbocycles. The first kappa shape index (κ1) is 10.7. The molecule has 1 aromatic carbocycles. The van der Waals surface area contributed by atoms with E-state index in [1.807, 2.05) is 37.2 Å². The standard InChI is InChI=1S/C12H13N2O2/c1-14(2)7-9-8-5-3-4-6-10(8)16-11(9)12(13)15/h3-6,13H,7H2,1-2H3. The van der Waals surface area contributed by atoms with Crippen LogP contribution < -0.4 is 5.73 Å². The molecule has 83 valence electrons. The topological polar surface area (TPSA) is 57.2 Å². The van der Waals surface area contributed by atoms with Crippen LogP contribution in [0.15, 0.2) is 28.7 Å². The fourth-order valence-electron chi connectivity index (χ4n) is 1.76. The van der Waals surface area contributed by atoms with Crippen LogP contribution in [0.25, 0.3) is 11.0 Å². The molecule has 0 aliphatic rings. The van der Waals surface area contributed by atoms with E-state index < -0.39 is 5.91 Å². The fraction of sp³-hybridized carbons (Fsp3) is 0.250. The Bertz CT molecular complexity index is 529. The number of hydrogen-bond acceptors (Lipinski definition) is 3. The fourth-order valence-corrected chi connectivity index (χ4v) is 1.76. The molecule has 0 aliphatic carbocycles. The van der Waals surface area contributed by atoms with Gasteiger partial charge < -0.3 is 9.32 Å². The number of rotatable bonds is 3. The average Bonchev–Trinajstić information content (AvgIpc) is 2.57. The van der Waals surface area contributed by atoms with Gasteiger partial charge in [-0.3, -0.25) is 10.5 Å². The van der Waals surface area contributed by atoms with Gasteiger partial charge in [0.25, 0.3) is 0 Å². The Hall–Kier alpha value is -1.81. The van der Waals surface area contributed by atoms with E-state index in [1.54, 1.807) is 6.07 Å². The zero-order valence-electron chi connectivity index (χ0n) is 9.28. The molecule has 4 heteroatoms. The maximum atomic E-state index is 11.2. The van der Waals surface area contributed by atoms with E-state index >= 15 is 0 Å². The summed E-state index contributed by atoms with van der Waals surface area (Å²) in [5.74, 6) is -0.622. The van der Waals surface area contributed by atoms with E-state index in [0.29, 0.717) is 12.1 Å². The Morgan fingerprint density at radius 3 is 2.69 bits per heavy atom. The number of nitrogens with zero attached hydrogens (tertiary/aromatic N) is 1. The first-order valence-corrected chi connectivity index (χ1v) is 5.00. The van der Waals surface area contributed by atoms with E-state index in [1.165, 1.54) is 0 Å². The highest BCUT2D eigenvalue weighted by molar-refractivity contribution is 5.97. The summed E-state index contributed by atoms with van der Waals surface area (Å²) in [6.45, 7) is 0.594. The van der Waals surface area contributed by atoms with Crippen LogP contribution in [-0.4, -0.2) is 24.9 Å². The summed E-state index contributed by atoms with van der Waals surface area (Å²) in [6.07, 6.45) is 0. The molecule has 1 aromatic heterocycles. The molecular weight excluding hydrogens is 204 g/mol. The van der Waals surface area contributed by atoms with Gasteiger partial charge in [0.05, 0.1) is 0 Å². The third-order valence-corrected chi connectivity index (χ3v) is 2.38. The van der Waals surface area contributed by atoms with Crippen molar-refractivity contribution in [3.8, 4) is 0 Å². The van der Waals surface area contributed by atoms with Crippen molar-refractivity contribution in [3.63, 3.8) is 0 Å². The lowest BCUT2D eigenvalue weighted by atomic mass is 10.1. The van der Waals surface area contributed by atoms with Gasteiger partial charge in [-0.15, -0.1) is 0 Å². The number of nitrogens with one attached hydrogen (secondary N) is 1. The molecule has 0 unspecified atom stereocenters. The smallest absolute Gasteiger partial charge is 0.305 e. The second kappa shape index (κ2) is 3.98. The summed E-state index contributed by atoms with van der Waals surface area (Å²) in [5, 5.41) is 0.909. The number of amides is 1. The van der Waals surface area contributed by atoms with Gasteiger partial charge in [0.2, 0.25) is 0 Å². The summed E-state index contributed by atoms with van der Waals surface area (Å²) in [7, 11) is 3.83. The molecule has 2 rings (SSSR count). The highest BCUT2D eigenvalue weighted by atomic mass is 16.3. The molecule has 0 aliphatic heterocycles. The van der Waals surface area contributed by atoms with Gasteiger partial charge in [-0.05, 0) is 20.2 Å². The number of carbonyl (C=O) groups is 1. The quantitative estimate of drug-likeness (QED) is 0.789. The van der Waals surface area contributed by atoms with Crippen molar-refractivity contribution in [2.45, 2.75) is 6.54 Å². The van der Waals surface area contributed by atoms with Gasteiger partial charge in [-0.25, -0.2) is 0 Å². The van der Waals surface area contributed by atoms with Crippen LogP contribution in [0.1, 0.15) is 16.1 Å². The van der Waals surface area contributed by atoms with Gasteiger partial charge in [0.15, 0.2) is 5.76 Å².